The number of nitrogens with one attached hydrogen (secondary N) is 1. The third-order valence-electron chi connectivity index (χ3n) is 6.45. The number of carbonyl (C=O) groups is 1. The Balaban J connectivity index is 1.63. The van der Waals surface area contributed by atoms with Gasteiger partial charge in [0.2, 0.25) is 5.91 Å². The van der Waals surface area contributed by atoms with Gasteiger partial charge in [-0.2, -0.15) is 0 Å². The van der Waals surface area contributed by atoms with Gasteiger partial charge in [0, 0.05) is 6.20 Å². The van der Waals surface area contributed by atoms with Gasteiger partial charge in [0.25, 0.3) is 0 Å². The van der Waals surface area contributed by atoms with Crippen molar-refractivity contribution in [3.8, 4) is 5.75 Å². The highest BCUT2D eigenvalue weighted by Crippen LogP contribution is 2.44. The van der Waals surface area contributed by atoms with E-state index in [2.05, 4.69) is 22.4 Å². The molecule has 0 spiro atoms. The van der Waals surface area contributed by atoms with E-state index in [1.165, 1.54) is 0 Å². The molecule has 2 N–H and O–H groups in total. The van der Waals surface area contributed by atoms with Crippen molar-refractivity contribution in [1.82, 2.24) is 10.3 Å². The summed E-state index contributed by atoms with van der Waals surface area (Å²) in [5.74, 6) is 0.975. The number of carbonyl (C=O) groups excluding carboxylic acids is 1. The van der Waals surface area contributed by atoms with E-state index in [-0.39, 0.29) is 24.0 Å². The predicted octanol–water partition coefficient (Wildman–Crippen LogP) is 3.53. The molecule has 1 aromatic heterocycles. The Kier molecular flexibility index (Phi) is 5.36. The maximum Gasteiger partial charge on any atom is 0.231 e. The molecule has 4 rings (SSSR count). The zero-order valence-corrected chi connectivity index (χ0v) is 16.3. The summed E-state index contributed by atoms with van der Waals surface area (Å²) in [4.78, 5) is 17.9. The van der Waals surface area contributed by atoms with Gasteiger partial charge in [-0.05, 0) is 48.8 Å². The number of aromatic nitrogens is 1. The normalized spacial score (nSPS) is 24.2. The predicted molar refractivity (Wildman–Crippen MR) is 107 cm³/mol. The van der Waals surface area contributed by atoms with E-state index in [4.69, 9.17) is 4.74 Å². The van der Waals surface area contributed by atoms with Crippen LogP contribution in [0.25, 0.3) is 0 Å². The van der Waals surface area contributed by atoms with Crippen molar-refractivity contribution in [2.45, 2.75) is 56.1 Å². The van der Waals surface area contributed by atoms with Crippen LogP contribution in [0.4, 0.5) is 0 Å². The second-order valence-electron chi connectivity index (χ2n) is 8.15. The molecule has 1 unspecified atom stereocenters. The van der Waals surface area contributed by atoms with Crippen LogP contribution in [0.2, 0.25) is 0 Å². The highest BCUT2D eigenvalue weighted by molar-refractivity contribution is 5.89. The molecule has 2 saturated carbocycles. The van der Waals surface area contributed by atoms with E-state index in [9.17, 15) is 9.90 Å². The van der Waals surface area contributed by atoms with Gasteiger partial charge >= 0.3 is 0 Å². The molecule has 5 heteroatoms. The van der Waals surface area contributed by atoms with Crippen molar-refractivity contribution in [3.05, 3.63) is 59.9 Å². The molecule has 5 nitrogen and oxygen atoms in total. The number of aliphatic hydroxyl groups excluding tert-OH is 1. The summed E-state index contributed by atoms with van der Waals surface area (Å²) >= 11 is 0. The van der Waals surface area contributed by atoms with Crippen molar-refractivity contribution < 1.29 is 14.6 Å². The van der Waals surface area contributed by atoms with Gasteiger partial charge in [-0.1, -0.05) is 43.2 Å². The van der Waals surface area contributed by atoms with Gasteiger partial charge in [0.05, 0.1) is 30.9 Å². The number of methoxy groups -OCH3 is 1. The highest BCUT2D eigenvalue weighted by Gasteiger charge is 2.45. The fraction of sp³-hybridized carbons (Fsp3) is 0.478. The molecule has 2 aliphatic rings. The molecule has 1 amide bonds. The number of pyridine rings is 1. The zero-order chi connectivity index (χ0) is 19.6. The van der Waals surface area contributed by atoms with Crippen molar-refractivity contribution in [2.24, 2.45) is 5.92 Å². The Labute approximate surface area is 166 Å². The Morgan fingerprint density at radius 2 is 1.93 bits per heavy atom. The monoisotopic (exact) mass is 380 g/mol. The fourth-order valence-corrected chi connectivity index (χ4v) is 4.75. The minimum absolute atomic E-state index is 0.0883. The second kappa shape index (κ2) is 7.92. The first-order valence-corrected chi connectivity index (χ1v) is 10.2. The molecular weight excluding hydrogens is 352 g/mol. The molecule has 2 aliphatic carbocycles. The van der Waals surface area contributed by atoms with E-state index in [1.54, 1.807) is 19.5 Å². The fourth-order valence-electron chi connectivity index (χ4n) is 4.75. The Morgan fingerprint density at radius 3 is 2.57 bits per heavy atom. The quantitative estimate of drug-likeness (QED) is 0.804. The minimum atomic E-state index is -0.464. The summed E-state index contributed by atoms with van der Waals surface area (Å²) in [6.07, 6.45) is 8.45. The van der Waals surface area contributed by atoms with Gasteiger partial charge in [-0.15, -0.1) is 0 Å². The molecule has 0 aliphatic heterocycles. The smallest absolute Gasteiger partial charge is 0.231 e. The largest absolute Gasteiger partial charge is 0.495 e. The van der Waals surface area contributed by atoms with E-state index in [0.29, 0.717) is 18.6 Å². The lowest BCUT2D eigenvalue weighted by atomic mass is 9.73. The van der Waals surface area contributed by atoms with Crippen LogP contribution in [0.3, 0.4) is 0 Å². The molecule has 0 radical (unpaired) electrons. The molecule has 1 heterocycles. The minimum Gasteiger partial charge on any atom is -0.495 e. The number of hydrogen-bond donors (Lipinski definition) is 2. The summed E-state index contributed by atoms with van der Waals surface area (Å²) in [7, 11) is 1.62. The molecule has 0 bridgehead atoms. The summed E-state index contributed by atoms with van der Waals surface area (Å²) in [6.45, 7) is 0. The zero-order valence-electron chi connectivity index (χ0n) is 16.3. The average molecular weight is 380 g/mol. The van der Waals surface area contributed by atoms with Crippen LogP contribution in [0.15, 0.2) is 48.8 Å². The summed E-state index contributed by atoms with van der Waals surface area (Å²) in [5.41, 5.74) is 1.57. The number of benzene rings is 1. The van der Waals surface area contributed by atoms with Crippen molar-refractivity contribution in [1.29, 1.82) is 0 Å². The Morgan fingerprint density at radius 1 is 1.21 bits per heavy atom. The number of hydrogen-bond acceptors (Lipinski definition) is 4. The van der Waals surface area contributed by atoms with Gasteiger partial charge in [-0.25, -0.2) is 0 Å². The Bertz CT molecular complexity index is 812. The average Bonchev–Trinajstić information content (AvgIpc) is 3.22. The standard InChI is InChI=1S/C23H28N2O3/c1-28-20-13-17(14-24-15-20)21(16-11-19(26)12-16)25-22(27)23(9-5-6-10-23)18-7-3-2-4-8-18/h2-4,7-8,13-16,19,21,26H,5-6,9-12H2,1H3,(H,25,27). The first kappa shape index (κ1) is 18.9. The van der Waals surface area contributed by atoms with Crippen molar-refractivity contribution in [2.75, 3.05) is 7.11 Å². The van der Waals surface area contributed by atoms with Gasteiger partial charge in [0.1, 0.15) is 5.75 Å². The van der Waals surface area contributed by atoms with Gasteiger partial charge in [0.15, 0.2) is 0 Å². The molecular formula is C23H28N2O3. The number of amides is 1. The van der Waals surface area contributed by atoms with Crippen LogP contribution in [0.1, 0.15) is 55.7 Å². The highest BCUT2D eigenvalue weighted by atomic mass is 16.5. The molecule has 2 fully saturated rings. The topological polar surface area (TPSA) is 71.5 Å². The molecule has 2 aromatic rings. The summed E-state index contributed by atoms with van der Waals surface area (Å²) < 4.78 is 5.33. The van der Waals surface area contributed by atoms with Gasteiger partial charge < -0.3 is 15.2 Å². The third-order valence-corrected chi connectivity index (χ3v) is 6.45. The lowest BCUT2D eigenvalue weighted by Crippen LogP contribution is -2.48. The van der Waals surface area contributed by atoms with E-state index in [1.807, 2.05) is 24.3 Å². The maximum absolute atomic E-state index is 13.6. The van der Waals surface area contributed by atoms with Crippen LogP contribution < -0.4 is 10.1 Å². The van der Waals surface area contributed by atoms with Crippen LogP contribution >= 0.6 is 0 Å². The van der Waals surface area contributed by atoms with E-state index < -0.39 is 5.41 Å². The molecule has 0 saturated heterocycles. The van der Waals surface area contributed by atoms with Crippen molar-refractivity contribution in [3.63, 3.8) is 0 Å². The number of rotatable bonds is 6. The first-order valence-electron chi connectivity index (χ1n) is 10.2. The summed E-state index contributed by atoms with van der Waals surface area (Å²) in [5, 5.41) is 13.2. The summed E-state index contributed by atoms with van der Waals surface area (Å²) in [6, 6.07) is 11.9. The van der Waals surface area contributed by atoms with Crippen LogP contribution in [-0.4, -0.2) is 29.2 Å². The maximum atomic E-state index is 13.6. The van der Waals surface area contributed by atoms with Crippen LogP contribution in [0.5, 0.6) is 5.75 Å². The molecule has 148 valence electrons. The molecule has 28 heavy (non-hydrogen) atoms. The van der Waals surface area contributed by atoms with Crippen LogP contribution in [0, 0.1) is 5.92 Å². The lowest BCUT2D eigenvalue weighted by Gasteiger charge is -2.40. The lowest BCUT2D eigenvalue weighted by molar-refractivity contribution is -0.128. The molecule has 1 atom stereocenters. The SMILES string of the molecule is COc1cncc(C(NC(=O)C2(c3ccccc3)CCCC2)C2CC(O)C2)c1. The van der Waals surface area contributed by atoms with Crippen molar-refractivity contribution >= 4 is 5.91 Å². The third kappa shape index (κ3) is 3.51. The van der Waals surface area contributed by atoms with Gasteiger partial charge in [-0.3, -0.25) is 9.78 Å². The number of ether oxygens (including phenoxy) is 1. The number of aliphatic hydroxyl groups is 1. The van der Waals surface area contributed by atoms with Crippen LogP contribution in [-0.2, 0) is 10.2 Å². The first-order chi connectivity index (χ1) is 13.6. The van der Waals surface area contributed by atoms with E-state index >= 15 is 0 Å². The second-order valence-corrected chi connectivity index (χ2v) is 8.15. The van der Waals surface area contributed by atoms with E-state index in [0.717, 1.165) is 36.8 Å². The molecule has 1 aromatic carbocycles. The Hall–Kier alpha value is -2.40. The number of nitrogens with zero attached hydrogens (tertiary/aromatic N) is 1.